The second-order valence-corrected chi connectivity index (χ2v) is 2.99. The van der Waals surface area contributed by atoms with Crippen LogP contribution in [0.1, 0.15) is 18.7 Å². The summed E-state index contributed by atoms with van der Waals surface area (Å²) in [5, 5.41) is 9.04. The van der Waals surface area contributed by atoms with Gasteiger partial charge in [0, 0.05) is 10.7 Å². The Morgan fingerprint density at radius 1 is 1.60 bits per heavy atom. The van der Waals surface area contributed by atoms with Crippen LogP contribution in [-0.2, 0) is 0 Å². The van der Waals surface area contributed by atoms with E-state index in [0.29, 0.717) is 5.69 Å². The molecule has 0 aliphatic rings. The quantitative estimate of drug-likeness (QED) is 0.754. The van der Waals surface area contributed by atoms with Crippen LogP contribution in [0, 0.1) is 0 Å². The summed E-state index contributed by atoms with van der Waals surface area (Å²) in [4.78, 5) is 3.98. The molecule has 0 amide bonds. The van der Waals surface area contributed by atoms with Crippen LogP contribution < -0.4 is 0 Å². The van der Waals surface area contributed by atoms with Gasteiger partial charge in [-0.25, -0.2) is 0 Å². The van der Waals surface area contributed by atoms with Gasteiger partial charge in [-0.1, -0.05) is 0 Å². The van der Waals surface area contributed by atoms with Crippen molar-refractivity contribution in [3.05, 3.63) is 28.5 Å². The lowest BCUT2D eigenvalue weighted by Gasteiger charge is -2.01. The molecule has 54 valence electrons. The molecule has 1 N–H and O–H groups in total. The van der Waals surface area contributed by atoms with E-state index in [4.69, 9.17) is 5.11 Å². The van der Waals surface area contributed by atoms with Gasteiger partial charge in [0.25, 0.3) is 0 Å². The molecule has 3 heteroatoms. The molecule has 1 heterocycles. The standard InChI is InChI=1S/C7H8BrNO/c1-5(10)7-3-2-6(8)4-9-7/h2-5,10H,1H3/t5-/m0/s1. The Labute approximate surface area is 68.0 Å². The van der Waals surface area contributed by atoms with Gasteiger partial charge in [0.2, 0.25) is 0 Å². The second kappa shape index (κ2) is 3.12. The highest BCUT2D eigenvalue weighted by molar-refractivity contribution is 9.10. The summed E-state index contributed by atoms with van der Waals surface area (Å²) in [7, 11) is 0. The molecule has 0 unspecified atom stereocenters. The first kappa shape index (κ1) is 7.69. The number of aliphatic hydroxyl groups excluding tert-OH is 1. The number of pyridine rings is 1. The number of aliphatic hydroxyl groups is 1. The molecule has 2 nitrogen and oxygen atoms in total. The van der Waals surface area contributed by atoms with Crippen molar-refractivity contribution in [3.63, 3.8) is 0 Å². The second-order valence-electron chi connectivity index (χ2n) is 2.08. The molecule has 0 aliphatic heterocycles. The Kier molecular flexibility index (Phi) is 2.40. The van der Waals surface area contributed by atoms with E-state index in [1.807, 2.05) is 6.07 Å². The van der Waals surface area contributed by atoms with Gasteiger partial charge >= 0.3 is 0 Å². The molecule has 0 spiro atoms. The lowest BCUT2D eigenvalue weighted by atomic mass is 10.2. The molecule has 0 bridgehead atoms. The molecule has 0 radical (unpaired) electrons. The third-order valence-corrected chi connectivity index (χ3v) is 1.65. The topological polar surface area (TPSA) is 33.1 Å². The lowest BCUT2D eigenvalue weighted by Crippen LogP contribution is -1.93. The van der Waals surface area contributed by atoms with E-state index in [-0.39, 0.29) is 0 Å². The zero-order valence-electron chi connectivity index (χ0n) is 5.58. The van der Waals surface area contributed by atoms with Crippen LogP contribution in [-0.4, -0.2) is 10.1 Å². The normalized spacial score (nSPS) is 13.1. The Morgan fingerprint density at radius 3 is 2.70 bits per heavy atom. The third-order valence-electron chi connectivity index (χ3n) is 1.18. The van der Waals surface area contributed by atoms with E-state index in [1.54, 1.807) is 19.2 Å². The minimum absolute atomic E-state index is 0.479. The van der Waals surface area contributed by atoms with Crippen LogP contribution in [0.5, 0.6) is 0 Å². The maximum Gasteiger partial charge on any atom is 0.0931 e. The fourth-order valence-corrected chi connectivity index (χ4v) is 0.869. The van der Waals surface area contributed by atoms with E-state index >= 15 is 0 Å². The van der Waals surface area contributed by atoms with Crippen molar-refractivity contribution in [2.24, 2.45) is 0 Å². The Morgan fingerprint density at radius 2 is 2.30 bits per heavy atom. The van der Waals surface area contributed by atoms with Crippen molar-refractivity contribution in [1.82, 2.24) is 4.98 Å². The van der Waals surface area contributed by atoms with Gasteiger partial charge in [-0.2, -0.15) is 0 Å². The maximum atomic E-state index is 9.04. The average molecular weight is 202 g/mol. The summed E-state index contributed by atoms with van der Waals surface area (Å²) >= 11 is 3.25. The van der Waals surface area contributed by atoms with E-state index in [0.717, 1.165) is 4.47 Å². The van der Waals surface area contributed by atoms with E-state index < -0.39 is 6.10 Å². The molecule has 1 aromatic rings. The molecule has 0 fully saturated rings. The summed E-state index contributed by atoms with van der Waals surface area (Å²) in [6, 6.07) is 3.64. The molecule has 1 aromatic heterocycles. The van der Waals surface area contributed by atoms with Crippen LogP contribution in [0.2, 0.25) is 0 Å². The summed E-state index contributed by atoms with van der Waals surface area (Å²) in [6.07, 6.45) is 1.19. The Hall–Kier alpha value is -0.410. The van der Waals surface area contributed by atoms with Crippen molar-refractivity contribution >= 4 is 15.9 Å². The van der Waals surface area contributed by atoms with Crippen LogP contribution in [0.4, 0.5) is 0 Å². The number of nitrogens with zero attached hydrogens (tertiary/aromatic N) is 1. The number of rotatable bonds is 1. The van der Waals surface area contributed by atoms with E-state index in [9.17, 15) is 0 Å². The van der Waals surface area contributed by atoms with Gasteiger partial charge in [0.1, 0.15) is 0 Å². The van der Waals surface area contributed by atoms with Crippen molar-refractivity contribution in [2.45, 2.75) is 13.0 Å². The smallest absolute Gasteiger partial charge is 0.0931 e. The first-order valence-corrected chi connectivity index (χ1v) is 3.79. The van der Waals surface area contributed by atoms with Crippen LogP contribution >= 0.6 is 15.9 Å². The first-order valence-electron chi connectivity index (χ1n) is 2.99. The summed E-state index contributed by atoms with van der Waals surface area (Å²) in [6.45, 7) is 1.69. The molecule has 0 saturated heterocycles. The fraction of sp³-hybridized carbons (Fsp3) is 0.286. The molecule has 0 aliphatic carbocycles. The van der Waals surface area contributed by atoms with Crippen LogP contribution in [0.25, 0.3) is 0 Å². The molecule has 1 rings (SSSR count). The monoisotopic (exact) mass is 201 g/mol. The Balaban J connectivity index is 2.89. The molecule has 10 heavy (non-hydrogen) atoms. The summed E-state index contributed by atoms with van der Waals surface area (Å²) < 4.78 is 0.928. The minimum Gasteiger partial charge on any atom is -0.387 e. The highest BCUT2D eigenvalue weighted by Gasteiger charge is 1.99. The van der Waals surface area contributed by atoms with E-state index in [1.165, 1.54) is 0 Å². The van der Waals surface area contributed by atoms with Crippen LogP contribution in [0.3, 0.4) is 0 Å². The summed E-state index contributed by atoms with van der Waals surface area (Å²) in [5.74, 6) is 0. The first-order chi connectivity index (χ1) is 4.70. The van der Waals surface area contributed by atoms with Crippen molar-refractivity contribution < 1.29 is 5.11 Å². The average Bonchev–Trinajstić information content (AvgIpc) is 1.88. The number of halogens is 1. The predicted molar refractivity (Wildman–Crippen MR) is 42.6 cm³/mol. The van der Waals surface area contributed by atoms with Gasteiger partial charge in [0.05, 0.1) is 11.8 Å². The van der Waals surface area contributed by atoms with Gasteiger partial charge in [-0.15, -0.1) is 0 Å². The predicted octanol–water partition coefficient (Wildman–Crippen LogP) is 1.90. The number of hydrogen-bond acceptors (Lipinski definition) is 2. The largest absolute Gasteiger partial charge is 0.387 e. The zero-order chi connectivity index (χ0) is 7.56. The molecule has 0 aromatic carbocycles. The highest BCUT2D eigenvalue weighted by Crippen LogP contribution is 2.12. The number of aromatic nitrogens is 1. The maximum absolute atomic E-state index is 9.04. The SMILES string of the molecule is C[C@H](O)c1ccc(Br)cn1. The minimum atomic E-state index is -0.479. The molecular weight excluding hydrogens is 194 g/mol. The molecular formula is C7H8BrNO. The van der Waals surface area contributed by atoms with Gasteiger partial charge in [-0.05, 0) is 35.0 Å². The highest BCUT2D eigenvalue weighted by atomic mass is 79.9. The summed E-state index contributed by atoms with van der Waals surface area (Å²) in [5.41, 5.74) is 0.697. The van der Waals surface area contributed by atoms with Gasteiger partial charge in [-0.3, -0.25) is 4.98 Å². The third kappa shape index (κ3) is 1.78. The number of hydrogen-bond donors (Lipinski definition) is 1. The Bertz CT molecular complexity index is 207. The van der Waals surface area contributed by atoms with Crippen molar-refractivity contribution in [1.29, 1.82) is 0 Å². The van der Waals surface area contributed by atoms with E-state index in [2.05, 4.69) is 20.9 Å². The van der Waals surface area contributed by atoms with Crippen molar-refractivity contribution in [2.75, 3.05) is 0 Å². The fourth-order valence-electron chi connectivity index (χ4n) is 0.634. The van der Waals surface area contributed by atoms with Crippen LogP contribution in [0.15, 0.2) is 22.8 Å². The molecule has 0 saturated carbocycles. The van der Waals surface area contributed by atoms with Gasteiger partial charge < -0.3 is 5.11 Å². The molecule has 1 atom stereocenters. The van der Waals surface area contributed by atoms with Crippen molar-refractivity contribution in [3.8, 4) is 0 Å². The zero-order valence-corrected chi connectivity index (χ0v) is 7.17. The van der Waals surface area contributed by atoms with Gasteiger partial charge in [0.15, 0.2) is 0 Å². The lowest BCUT2D eigenvalue weighted by molar-refractivity contribution is 0.194.